The number of ether oxygens (including phenoxy) is 1. The number of nitrogens with zero attached hydrogens (tertiary/aromatic N) is 1. The number of nitrogen functional groups attached to an aromatic ring is 1. The number of amides is 1. The number of benzene rings is 2. The minimum absolute atomic E-state index is 0.286. The van der Waals surface area contributed by atoms with Gasteiger partial charge in [0.05, 0.1) is 24.4 Å². The Morgan fingerprint density at radius 1 is 1.29 bits per heavy atom. The molecule has 2 aromatic rings. The molecule has 5 nitrogen and oxygen atoms in total. The second-order valence-corrected chi connectivity index (χ2v) is 4.55. The number of hydrogen-bond acceptors (Lipinski definition) is 4. The fourth-order valence-corrected chi connectivity index (χ4v) is 1.87. The fraction of sp³-hybridized carbons (Fsp3) is 0.125. The third-order valence-electron chi connectivity index (χ3n) is 3.11. The second kappa shape index (κ2) is 5.97. The molecule has 3 N–H and O–H groups in total. The Hall–Kier alpha value is -3.00. The zero-order valence-electron chi connectivity index (χ0n) is 11.8. The summed E-state index contributed by atoms with van der Waals surface area (Å²) in [6, 6.07) is 12.0. The third kappa shape index (κ3) is 3.12. The number of rotatable bonds is 3. The van der Waals surface area contributed by atoms with E-state index in [1.165, 1.54) is 7.11 Å². The van der Waals surface area contributed by atoms with E-state index >= 15 is 0 Å². The maximum atomic E-state index is 12.3. The van der Waals surface area contributed by atoms with Crippen molar-refractivity contribution in [3.63, 3.8) is 0 Å². The lowest BCUT2D eigenvalue weighted by Gasteiger charge is -2.10. The lowest BCUT2D eigenvalue weighted by Crippen LogP contribution is -2.13. The number of carbonyl (C=O) groups excluding carboxylic acids is 1. The van der Waals surface area contributed by atoms with Crippen LogP contribution in [0, 0.1) is 18.3 Å². The molecule has 0 heterocycles. The van der Waals surface area contributed by atoms with Crippen molar-refractivity contribution in [2.24, 2.45) is 0 Å². The maximum absolute atomic E-state index is 12.3. The molecule has 0 saturated carbocycles. The Morgan fingerprint density at radius 3 is 2.71 bits per heavy atom. The summed E-state index contributed by atoms with van der Waals surface area (Å²) in [5.41, 5.74) is 8.60. The van der Waals surface area contributed by atoms with Crippen LogP contribution in [-0.2, 0) is 0 Å². The molecule has 0 aliphatic heterocycles. The Labute approximate surface area is 123 Å². The van der Waals surface area contributed by atoms with Gasteiger partial charge >= 0.3 is 0 Å². The van der Waals surface area contributed by atoms with Gasteiger partial charge in [0.15, 0.2) is 0 Å². The Balaban J connectivity index is 2.28. The van der Waals surface area contributed by atoms with E-state index in [4.69, 9.17) is 15.7 Å². The quantitative estimate of drug-likeness (QED) is 0.847. The first-order valence-corrected chi connectivity index (χ1v) is 6.30. The van der Waals surface area contributed by atoms with Crippen LogP contribution in [0.3, 0.4) is 0 Å². The van der Waals surface area contributed by atoms with Gasteiger partial charge < -0.3 is 15.8 Å². The van der Waals surface area contributed by atoms with Gasteiger partial charge in [-0.05, 0) is 42.8 Å². The predicted molar refractivity (Wildman–Crippen MR) is 81.3 cm³/mol. The van der Waals surface area contributed by atoms with E-state index in [2.05, 4.69) is 5.32 Å². The van der Waals surface area contributed by atoms with Crippen molar-refractivity contribution in [1.82, 2.24) is 0 Å². The van der Waals surface area contributed by atoms with Crippen molar-refractivity contribution in [1.29, 1.82) is 5.26 Å². The van der Waals surface area contributed by atoms with Crippen LogP contribution in [0.4, 0.5) is 11.4 Å². The van der Waals surface area contributed by atoms with Crippen molar-refractivity contribution in [3.05, 3.63) is 53.1 Å². The summed E-state index contributed by atoms with van der Waals surface area (Å²) in [6.07, 6.45) is 0. The molecule has 0 bridgehead atoms. The summed E-state index contributed by atoms with van der Waals surface area (Å²) in [7, 11) is 1.49. The Bertz CT molecular complexity index is 733. The molecular weight excluding hydrogens is 266 g/mol. The number of nitriles is 1. The average Bonchev–Trinajstić information content (AvgIpc) is 2.49. The minimum atomic E-state index is -0.286. The summed E-state index contributed by atoms with van der Waals surface area (Å²) in [5, 5.41) is 11.7. The highest BCUT2D eigenvalue weighted by Gasteiger charge is 2.11. The van der Waals surface area contributed by atoms with Crippen molar-refractivity contribution < 1.29 is 9.53 Å². The van der Waals surface area contributed by atoms with Crippen LogP contribution in [-0.4, -0.2) is 13.0 Å². The lowest BCUT2D eigenvalue weighted by molar-refractivity contribution is 0.102. The van der Waals surface area contributed by atoms with Gasteiger partial charge in [-0.15, -0.1) is 0 Å². The molecule has 0 aliphatic carbocycles. The van der Waals surface area contributed by atoms with Crippen molar-refractivity contribution in [2.75, 3.05) is 18.2 Å². The highest BCUT2D eigenvalue weighted by molar-refractivity contribution is 6.05. The number of nitrogens with one attached hydrogen (secondary N) is 1. The van der Waals surface area contributed by atoms with E-state index in [0.29, 0.717) is 28.3 Å². The van der Waals surface area contributed by atoms with Crippen LogP contribution in [0.1, 0.15) is 21.5 Å². The van der Waals surface area contributed by atoms with Crippen molar-refractivity contribution >= 4 is 17.3 Å². The van der Waals surface area contributed by atoms with E-state index in [9.17, 15) is 4.79 Å². The molecule has 5 heteroatoms. The van der Waals surface area contributed by atoms with Crippen LogP contribution in [0.2, 0.25) is 0 Å². The smallest absolute Gasteiger partial charge is 0.255 e. The Morgan fingerprint density at radius 2 is 2.05 bits per heavy atom. The minimum Gasteiger partial charge on any atom is -0.495 e. The second-order valence-electron chi connectivity index (χ2n) is 4.55. The topological polar surface area (TPSA) is 88.1 Å². The molecule has 0 unspecified atom stereocenters. The summed E-state index contributed by atoms with van der Waals surface area (Å²) >= 11 is 0. The van der Waals surface area contributed by atoms with Gasteiger partial charge in [-0.3, -0.25) is 4.79 Å². The summed E-state index contributed by atoms with van der Waals surface area (Å²) in [6.45, 7) is 1.86. The molecule has 0 saturated heterocycles. The monoisotopic (exact) mass is 281 g/mol. The largest absolute Gasteiger partial charge is 0.495 e. The number of aryl methyl sites for hydroxylation is 1. The molecule has 106 valence electrons. The average molecular weight is 281 g/mol. The molecule has 0 atom stereocenters. The Kier molecular flexibility index (Phi) is 4.10. The number of carbonyl (C=O) groups is 1. The normalized spacial score (nSPS) is 9.76. The zero-order chi connectivity index (χ0) is 15.4. The van der Waals surface area contributed by atoms with Crippen molar-refractivity contribution in [2.45, 2.75) is 6.92 Å². The predicted octanol–water partition coefficient (Wildman–Crippen LogP) is 2.71. The van der Waals surface area contributed by atoms with Gasteiger partial charge in [-0.25, -0.2) is 0 Å². The van der Waals surface area contributed by atoms with E-state index in [1.54, 1.807) is 36.4 Å². The maximum Gasteiger partial charge on any atom is 0.255 e. The highest BCUT2D eigenvalue weighted by atomic mass is 16.5. The first-order chi connectivity index (χ1) is 10.0. The van der Waals surface area contributed by atoms with Gasteiger partial charge in [0.25, 0.3) is 5.91 Å². The summed E-state index contributed by atoms with van der Waals surface area (Å²) < 4.78 is 5.10. The lowest BCUT2D eigenvalue weighted by atomic mass is 10.1. The fourth-order valence-electron chi connectivity index (χ4n) is 1.87. The summed E-state index contributed by atoms with van der Waals surface area (Å²) in [5.74, 6) is 0.164. The highest BCUT2D eigenvalue weighted by Crippen LogP contribution is 2.23. The first-order valence-electron chi connectivity index (χ1n) is 6.30. The molecule has 0 fully saturated rings. The third-order valence-corrected chi connectivity index (χ3v) is 3.11. The molecule has 0 aromatic heterocycles. The molecule has 0 spiro atoms. The van der Waals surface area contributed by atoms with E-state index in [-0.39, 0.29) is 5.91 Å². The summed E-state index contributed by atoms with van der Waals surface area (Å²) in [4.78, 5) is 12.3. The number of methoxy groups -OCH3 is 1. The van der Waals surface area contributed by atoms with Gasteiger partial charge in [0.1, 0.15) is 5.75 Å². The van der Waals surface area contributed by atoms with Crippen LogP contribution in [0.25, 0.3) is 0 Å². The van der Waals surface area contributed by atoms with Crippen LogP contribution in [0.5, 0.6) is 5.75 Å². The van der Waals surface area contributed by atoms with E-state index in [1.807, 2.05) is 13.0 Å². The van der Waals surface area contributed by atoms with Gasteiger partial charge in [-0.1, -0.05) is 6.07 Å². The number of hydrogen-bond donors (Lipinski definition) is 2. The van der Waals surface area contributed by atoms with Gasteiger partial charge in [0.2, 0.25) is 0 Å². The molecule has 0 aliphatic rings. The first kappa shape index (κ1) is 14.4. The van der Waals surface area contributed by atoms with Gasteiger partial charge in [0, 0.05) is 11.3 Å². The van der Waals surface area contributed by atoms with E-state index < -0.39 is 0 Å². The number of nitrogens with two attached hydrogens (primary N) is 1. The SMILES string of the molecule is COc1cc(C(=O)Nc2cc(C#N)ccc2C)ccc1N. The van der Waals surface area contributed by atoms with Crippen molar-refractivity contribution in [3.8, 4) is 11.8 Å². The molecule has 2 rings (SSSR count). The van der Waals surface area contributed by atoms with Gasteiger partial charge in [-0.2, -0.15) is 5.26 Å². The molecular formula is C16H15N3O2. The van der Waals surface area contributed by atoms with Crippen LogP contribution in [0.15, 0.2) is 36.4 Å². The van der Waals surface area contributed by atoms with E-state index in [0.717, 1.165) is 5.56 Å². The van der Waals surface area contributed by atoms with Crippen LogP contribution >= 0.6 is 0 Å². The standard InChI is InChI=1S/C16H15N3O2/c1-10-3-4-11(9-17)7-14(10)19-16(20)12-5-6-13(18)15(8-12)21-2/h3-8H,18H2,1-2H3,(H,19,20). The van der Waals surface area contributed by atoms with Crippen LogP contribution < -0.4 is 15.8 Å². The molecule has 1 amide bonds. The number of anilines is 2. The molecule has 0 radical (unpaired) electrons. The zero-order valence-corrected chi connectivity index (χ0v) is 11.8. The molecule has 21 heavy (non-hydrogen) atoms. The molecule has 2 aromatic carbocycles.